The number of carbonyl (C=O) groups excluding carboxylic acids is 1. The van der Waals surface area contributed by atoms with Gasteiger partial charge in [-0.3, -0.25) is 4.79 Å². The molecule has 0 aliphatic carbocycles. The zero-order valence-electron chi connectivity index (χ0n) is 12.6. The average Bonchev–Trinajstić information content (AvgIpc) is 2.98. The number of amides is 1. The highest BCUT2D eigenvalue weighted by Gasteiger charge is 2.39. The Kier molecular flexibility index (Phi) is 5.83. The molecule has 22 heavy (non-hydrogen) atoms. The molecule has 1 heterocycles. The van der Waals surface area contributed by atoms with E-state index in [-0.39, 0.29) is 10.8 Å². The van der Waals surface area contributed by atoms with Crippen molar-refractivity contribution in [2.75, 3.05) is 13.1 Å². The van der Waals surface area contributed by atoms with E-state index in [2.05, 4.69) is 5.32 Å². The SMILES string of the molecule is CCCCNC(=O)[C@@H]1CCCN1S(=O)(=O)c1ccc(Cl)cc1. The van der Waals surface area contributed by atoms with Crippen LogP contribution in [0, 0.1) is 0 Å². The van der Waals surface area contributed by atoms with E-state index in [0.717, 1.165) is 12.8 Å². The molecule has 1 aliphatic rings. The van der Waals surface area contributed by atoms with Crippen LogP contribution in [0.4, 0.5) is 0 Å². The van der Waals surface area contributed by atoms with Gasteiger partial charge in [0.2, 0.25) is 15.9 Å². The Morgan fingerprint density at radius 1 is 1.36 bits per heavy atom. The van der Waals surface area contributed by atoms with Crippen LogP contribution in [-0.2, 0) is 14.8 Å². The minimum Gasteiger partial charge on any atom is -0.355 e. The average molecular weight is 345 g/mol. The van der Waals surface area contributed by atoms with Crippen LogP contribution < -0.4 is 5.32 Å². The van der Waals surface area contributed by atoms with Gasteiger partial charge in [-0.25, -0.2) is 8.42 Å². The molecule has 2 rings (SSSR count). The van der Waals surface area contributed by atoms with Gasteiger partial charge in [-0.15, -0.1) is 0 Å². The standard InChI is InChI=1S/C15H21ClN2O3S/c1-2-3-10-17-15(19)14-5-4-11-18(14)22(20,21)13-8-6-12(16)7-9-13/h6-9,14H,2-5,10-11H2,1H3,(H,17,19)/t14-/m0/s1. The molecule has 1 aromatic carbocycles. The Morgan fingerprint density at radius 2 is 2.05 bits per heavy atom. The monoisotopic (exact) mass is 344 g/mol. The number of hydrogen-bond donors (Lipinski definition) is 1. The summed E-state index contributed by atoms with van der Waals surface area (Å²) in [6.07, 6.45) is 3.13. The van der Waals surface area contributed by atoms with Gasteiger partial charge in [-0.05, 0) is 43.5 Å². The van der Waals surface area contributed by atoms with E-state index in [1.807, 2.05) is 6.92 Å². The van der Waals surface area contributed by atoms with E-state index < -0.39 is 16.1 Å². The Morgan fingerprint density at radius 3 is 2.68 bits per heavy atom. The number of halogens is 1. The second-order valence-corrected chi connectivity index (χ2v) is 7.70. The second kappa shape index (κ2) is 7.44. The summed E-state index contributed by atoms with van der Waals surface area (Å²) in [4.78, 5) is 12.4. The number of sulfonamides is 1. The summed E-state index contributed by atoms with van der Waals surface area (Å²) in [7, 11) is -3.67. The molecule has 0 spiro atoms. The Balaban J connectivity index is 2.15. The lowest BCUT2D eigenvalue weighted by Crippen LogP contribution is -2.46. The molecular weight excluding hydrogens is 324 g/mol. The predicted octanol–water partition coefficient (Wildman–Crippen LogP) is 2.41. The van der Waals surface area contributed by atoms with Gasteiger partial charge in [-0.1, -0.05) is 24.9 Å². The highest BCUT2D eigenvalue weighted by atomic mass is 35.5. The summed E-state index contributed by atoms with van der Waals surface area (Å²) in [5.41, 5.74) is 0. The summed E-state index contributed by atoms with van der Waals surface area (Å²) < 4.78 is 26.7. The molecule has 1 N–H and O–H groups in total. The smallest absolute Gasteiger partial charge is 0.243 e. The quantitative estimate of drug-likeness (QED) is 0.806. The lowest BCUT2D eigenvalue weighted by atomic mass is 10.2. The molecule has 122 valence electrons. The van der Waals surface area contributed by atoms with Crippen molar-refractivity contribution < 1.29 is 13.2 Å². The van der Waals surface area contributed by atoms with Crippen LogP contribution in [0.25, 0.3) is 0 Å². The third kappa shape index (κ3) is 3.80. The van der Waals surface area contributed by atoms with Gasteiger partial charge in [0, 0.05) is 18.1 Å². The first kappa shape index (κ1) is 17.2. The number of rotatable bonds is 6. The summed E-state index contributed by atoms with van der Waals surface area (Å²) in [5, 5.41) is 3.30. The zero-order chi connectivity index (χ0) is 16.2. The first-order valence-corrected chi connectivity index (χ1v) is 9.33. The van der Waals surface area contributed by atoms with Crippen LogP contribution in [0.5, 0.6) is 0 Å². The normalized spacial score (nSPS) is 19.3. The molecule has 0 radical (unpaired) electrons. The molecule has 0 unspecified atom stereocenters. The molecule has 1 amide bonds. The van der Waals surface area contributed by atoms with Crippen LogP contribution in [0.15, 0.2) is 29.2 Å². The summed E-state index contributed by atoms with van der Waals surface area (Å²) >= 11 is 5.80. The van der Waals surface area contributed by atoms with Crippen molar-refractivity contribution in [1.82, 2.24) is 9.62 Å². The van der Waals surface area contributed by atoms with Crippen molar-refractivity contribution in [2.24, 2.45) is 0 Å². The summed E-state index contributed by atoms with van der Waals surface area (Å²) in [6, 6.07) is 5.42. The number of unbranched alkanes of at least 4 members (excludes halogenated alkanes) is 1. The van der Waals surface area contributed by atoms with Gasteiger partial charge in [0.15, 0.2) is 0 Å². The van der Waals surface area contributed by atoms with Gasteiger partial charge < -0.3 is 5.32 Å². The lowest BCUT2D eigenvalue weighted by molar-refractivity contribution is -0.124. The van der Waals surface area contributed by atoms with Crippen LogP contribution in [-0.4, -0.2) is 37.8 Å². The highest BCUT2D eigenvalue weighted by molar-refractivity contribution is 7.89. The third-order valence-corrected chi connectivity index (χ3v) is 5.93. The Hall–Kier alpha value is -1.11. The maximum Gasteiger partial charge on any atom is 0.243 e. The van der Waals surface area contributed by atoms with Crippen molar-refractivity contribution in [3.8, 4) is 0 Å². The molecule has 0 aromatic heterocycles. The van der Waals surface area contributed by atoms with E-state index in [9.17, 15) is 13.2 Å². The molecule has 1 aliphatic heterocycles. The van der Waals surface area contributed by atoms with E-state index in [4.69, 9.17) is 11.6 Å². The molecule has 1 saturated heterocycles. The first-order valence-electron chi connectivity index (χ1n) is 7.52. The lowest BCUT2D eigenvalue weighted by Gasteiger charge is -2.23. The van der Waals surface area contributed by atoms with Crippen LogP contribution in [0.3, 0.4) is 0 Å². The van der Waals surface area contributed by atoms with Crippen LogP contribution in [0.1, 0.15) is 32.6 Å². The molecular formula is C15H21ClN2O3S. The van der Waals surface area contributed by atoms with E-state index in [1.54, 1.807) is 12.1 Å². The number of nitrogens with one attached hydrogen (secondary N) is 1. The third-order valence-electron chi connectivity index (χ3n) is 3.76. The van der Waals surface area contributed by atoms with Crippen molar-refractivity contribution in [3.63, 3.8) is 0 Å². The Bertz CT molecular complexity index is 616. The Labute approximate surface area is 136 Å². The van der Waals surface area contributed by atoms with Gasteiger partial charge in [0.1, 0.15) is 6.04 Å². The van der Waals surface area contributed by atoms with E-state index >= 15 is 0 Å². The topological polar surface area (TPSA) is 66.5 Å². The molecule has 0 saturated carbocycles. The number of benzene rings is 1. The van der Waals surface area contributed by atoms with Crippen LogP contribution in [0.2, 0.25) is 5.02 Å². The van der Waals surface area contributed by atoms with Crippen molar-refractivity contribution in [2.45, 2.75) is 43.5 Å². The largest absolute Gasteiger partial charge is 0.355 e. The molecule has 5 nitrogen and oxygen atoms in total. The number of nitrogens with zero attached hydrogens (tertiary/aromatic N) is 1. The highest BCUT2D eigenvalue weighted by Crippen LogP contribution is 2.26. The molecule has 1 atom stereocenters. The minimum absolute atomic E-state index is 0.171. The summed E-state index contributed by atoms with van der Waals surface area (Å²) in [6.45, 7) is 3.00. The van der Waals surface area contributed by atoms with Gasteiger partial charge in [-0.2, -0.15) is 4.31 Å². The minimum atomic E-state index is -3.67. The van der Waals surface area contributed by atoms with E-state index in [0.29, 0.717) is 31.0 Å². The van der Waals surface area contributed by atoms with E-state index in [1.165, 1.54) is 16.4 Å². The summed E-state index contributed by atoms with van der Waals surface area (Å²) in [5.74, 6) is -0.205. The fourth-order valence-corrected chi connectivity index (χ4v) is 4.32. The fourth-order valence-electron chi connectivity index (χ4n) is 2.54. The maximum absolute atomic E-state index is 12.7. The maximum atomic E-state index is 12.7. The molecule has 7 heteroatoms. The number of carbonyl (C=O) groups is 1. The number of hydrogen-bond acceptors (Lipinski definition) is 3. The fraction of sp³-hybridized carbons (Fsp3) is 0.533. The van der Waals surface area contributed by atoms with Gasteiger partial charge >= 0.3 is 0 Å². The van der Waals surface area contributed by atoms with Crippen LogP contribution >= 0.6 is 11.6 Å². The van der Waals surface area contributed by atoms with Gasteiger partial charge in [0.05, 0.1) is 4.90 Å². The first-order chi connectivity index (χ1) is 10.5. The molecule has 1 aromatic rings. The molecule has 1 fully saturated rings. The van der Waals surface area contributed by atoms with Crippen molar-refractivity contribution >= 4 is 27.5 Å². The zero-order valence-corrected chi connectivity index (χ0v) is 14.2. The van der Waals surface area contributed by atoms with Crippen molar-refractivity contribution in [3.05, 3.63) is 29.3 Å². The predicted molar refractivity (Wildman–Crippen MR) is 86.3 cm³/mol. The second-order valence-electron chi connectivity index (χ2n) is 5.37. The van der Waals surface area contributed by atoms with Crippen molar-refractivity contribution in [1.29, 1.82) is 0 Å². The molecule has 0 bridgehead atoms. The van der Waals surface area contributed by atoms with Gasteiger partial charge in [0.25, 0.3) is 0 Å².